The molecular formula is C29H30N2O4. The van der Waals surface area contributed by atoms with Crippen molar-refractivity contribution >= 4 is 6.09 Å². The summed E-state index contributed by atoms with van der Waals surface area (Å²) in [6.45, 7) is 5.66. The van der Waals surface area contributed by atoms with E-state index in [0.717, 1.165) is 33.9 Å². The first-order valence-electron chi connectivity index (χ1n) is 11.8. The highest BCUT2D eigenvalue weighted by Crippen LogP contribution is 2.22. The van der Waals surface area contributed by atoms with Crippen molar-refractivity contribution in [2.24, 2.45) is 0 Å². The van der Waals surface area contributed by atoms with Crippen LogP contribution in [-0.4, -0.2) is 29.1 Å². The van der Waals surface area contributed by atoms with Crippen LogP contribution in [0.15, 0.2) is 89.3 Å². The number of nitrogens with zero attached hydrogens (tertiary/aromatic N) is 2. The predicted octanol–water partition coefficient (Wildman–Crippen LogP) is 6.43. The summed E-state index contributed by atoms with van der Waals surface area (Å²) >= 11 is 0. The number of hydrogen-bond donors (Lipinski definition) is 0. The van der Waals surface area contributed by atoms with Crippen LogP contribution in [0.4, 0.5) is 4.79 Å². The van der Waals surface area contributed by atoms with Gasteiger partial charge in [-0.2, -0.15) is 0 Å². The van der Waals surface area contributed by atoms with E-state index in [1.54, 1.807) is 4.90 Å². The van der Waals surface area contributed by atoms with Gasteiger partial charge in [0.15, 0.2) is 0 Å². The number of carbonyl (C=O) groups excluding carboxylic acids is 1. The van der Waals surface area contributed by atoms with Gasteiger partial charge in [0.2, 0.25) is 5.89 Å². The van der Waals surface area contributed by atoms with Crippen molar-refractivity contribution in [2.45, 2.75) is 33.4 Å². The Morgan fingerprint density at radius 3 is 2.29 bits per heavy atom. The van der Waals surface area contributed by atoms with Crippen molar-refractivity contribution in [1.29, 1.82) is 0 Å². The van der Waals surface area contributed by atoms with Crippen LogP contribution >= 0.6 is 0 Å². The monoisotopic (exact) mass is 470 g/mol. The second-order valence-electron chi connectivity index (χ2n) is 8.18. The summed E-state index contributed by atoms with van der Waals surface area (Å²) in [7, 11) is 0. The fraction of sp³-hybridized carbons (Fsp3) is 0.241. The zero-order valence-electron chi connectivity index (χ0n) is 20.1. The zero-order valence-corrected chi connectivity index (χ0v) is 20.1. The Bertz CT molecular complexity index is 1200. The number of carbonyl (C=O) groups is 1. The van der Waals surface area contributed by atoms with Crippen LogP contribution in [0.3, 0.4) is 0 Å². The number of aromatic nitrogens is 1. The molecule has 0 saturated heterocycles. The quantitative estimate of drug-likeness (QED) is 0.267. The predicted molar refractivity (Wildman–Crippen MR) is 135 cm³/mol. The largest absolute Gasteiger partial charge is 0.493 e. The van der Waals surface area contributed by atoms with E-state index >= 15 is 0 Å². The molecule has 4 aromatic rings. The van der Waals surface area contributed by atoms with Crippen LogP contribution in [0.2, 0.25) is 0 Å². The Balaban J connectivity index is 1.25. The number of hydrogen-bond acceptors (Lipinski definition) is 5. The third-order valence-corrected chi connectivity index (χ3v) is 5.66. The van der Waals surface area contributed by atoms with E-state index in [2.05, 4.69) is 4.98 Å². The normalized spacial score (nSPS) is 10.7. The topological polar surface area (TPSA) is 64.8 Å². The van der Waals surface area contributed by atoms with E-state index in [1.165, 1.54) is 0 Å². The number of ether oxygens (including phenoxy) is 2. The van der Waals surface area contributed by atoms with Crippen LogP contribution in [-0.2, 0) is 24.3 Å². The average Bonchev–Trinajstić information content (AvgIpc) is 3.28. The molecule has 0 atom stereocenters. The van der Waals surface area contributed by atoms with Crippen molar-refractivity contribution in [2.75, 3.05) is 13.2 Å². The van der Waals surface area contributed by atoms with Gasteiger partial charge >= 0.3 is 6.09 Å². The smallest absolute Gasteiger partial charge is 0.410 e. The number of amides is 1. The van der Waals surface area contributed by atoms with Crippen LogP contribution in [0.25, 0.3) is 11.5 Å². The second kappa shape index (κ2) is 11.9. The maximum Gasteiger partial charge on any atom is 0.410 e. The van der Waals surface area contributed by atoms with Gasteiger partial charge in [0.1, 0.15) is 18.1 Å². The van der Waals surface area contributed by atoms with Crippen LogP contribution in [0.1, 0.15) is 29.5 Å². The summed E-state index contributed by atoms with van der Waals surface area (Å²) in [6.07, 6.45) is 0.329. The molecule has 6 nitrogen and oxygen atoms in total. The molecule has 6 heteroatoms. The molecule has 0 unspecified atom stereocenters. The molecule has 0 bridgehead atoms. The highest BCUT2D eigenvalue weighted by atomic mass is 16.6. The molecule has 180 valence electrons. The summed E-state index contributed by atoms with van der Waals surface area (Å²) in [4.78, 5) is 18.8. The fourth-order valence-corrected chi connectivity index (χ4v) is 3.66. The van der Waals surface area contributed by atoms with Crippen molar-refractivity contribution in [3.8, 4) is 17.2 Å². The molecule has 0 aliphatic rings. The first-order chi connectivity index (χ1) is 17.1. The minimum Gasteiger partial charge on any atom is -0.493 e. The summed E-state index contributed by atoms with van der Waals surface area (Å²) in [5.74, 6) is 2.21. The molecule has 1 heterocycles. The van der Waals surface area contributed by atoms with Gasteiger partial charge < -0.3 is 18.8 Å². The summed E-state index contributed by atoms with van der Waals surface area (Å²) in [5.41, 5.74) is 3.84. The first-order valence-corrected chi connectivity index (χ1v) is 11.8. The lowest BCUT2D eigenvalue weighted by Crippen LogP contribution is -2.30. The van der Waals surface area contributed by atoms with Gasteiger partial charge in [0.05, 0.1) is 12.3 Å². The maximum atomic E-state index is 12.5. The molecule has 3 aromatic carbocycles. The van der Waals surface area contributed by atoms with Gasteiger partial charge in [-0.3, -0.25) is 0 Å². The highest BCUT2D eigenvalue weighted by Gasteiger charge is 2.14. The highest BCUT2D eigenvalue weighted by molar-refractivity contribution is 5.67. The third-order valence-electron chi connectivity index (χ3n) is 5.66. The van der Waals surface area contributed by atoms with E-state index in [0.29, 0.717) is 32.0 Å². The lowest BCUT2D eigenvalue weighted by Gasteiger charge is -2.20. The maximum absolute atomic E-state index is 12.5. The fourth-order valence-electron chi connectivity index (χ4n) is 3.66. The van der Waals surface area contributed by atoms with Crippen molar-refractivity contribution in [1.82, 2.24) is 9.88 Å². The molecule has 0 aliphatic carbocycles. The van der Waals surface area contributed by atoms with Gasteiger partial charge in [-0.15, -0.1) is 0 Å². The Kier molecular flexibility index (Phi) is 8.17. The Hall–Kier alpha value is -4.06. The second-order valence-corrected chi connectivity index (χ2v) is 8.18. The molecule has 0 radical (unpaired) electrons. The molecule has 0 aliphatic heterocycles. The first kappa shape index (κ1) is 24.1. The van der Waals surface area contributed by atoms with E-state index in [4.69, 9.17) is 13.9 Å². The SMILES string of the molecule is CCN(Cc1ccc(OCCc2nc(-c3ccccc3)oc2C)cc1)C(=O)OCc1ccccc1. The number of rotatable bonds is 10. The minimum absolute atomic E-state index is 0.265. The molecule has 35 heavy (non-hydrogen) atoms. The van der Waals surface area contributed by atoms with Gasteiger partial charge in [-0.05, 0) is 49.2 Å². The summed E-state index contributed by atoms with van der Waals surface area (Å²) in [5, 5.41) is 0. The Morgan fingerprint density at radius 2 is 1.60 bits per heavy atom. The summed E-state index contributed by atoms with van der Waals surface area (Å²) in [6, 6.07) is 27.3. The van der Waals surface area contributed by atoms with Crippen molar-refractivity contribution < 1.29 is 18.7 Å². The van der Waals surface area contributed by atoms with Crippen molar-refractivity contribution in [3.05, 3.63) is 108 Å². The van der Waals surface area contributed by atoms with E-state index in [9.17, 15) is 4.79 Å². The molecule has 0 fully saturated rings. The third kappa shape index (κ3) is 6.73. The molecule has 1 amide bonds. The molecule has 4 rings (SSSR count). The number of benzene rings is 3. The van der Waals surface area contributed by atoms with Gasteiger partial charge in [-0.25, -0.2) is 9.78 Å². The molecule has 0 N–H and O–H groups in total. The average molecular weight is 471 g/mol. The molecular weight excluding hydrogens is 440 g/mol. The Labute approximate surface area is 206 Å². The van der Waals surface area contributed by atoms with Crippen LogP contribution < -0.4 is 4.74 Å². The number of oxazole rings is 1. The van der Waals surface area contributed by atoms with Crippen LogP contribution in [0, 0.1) is 6.92 Å². The standard InChI is InChI=1S/C29H30N2O4/c1-3-31(29(32)34-21-24-10-6-4-7-11-24)20-23-14-16-26(17-15-23)33-19-18-27-22(2)35-28(30-27)25-12-8-5-9-13-25/h4-17H,3,18-21H2,1-2H3. The zero-order chi connectivity index (χ0) is 24.5. The molecule has 0 spiro atoms. The lowest BCUT2D eigenvalue weighted by molar-refractivity contribution is 0.0956. The van der Waals surface area contributed by atoms with Gasteiger partial charge in [0.25, 0.3) is 0 Å². The van der Waals surface area contributed by atoms with Crippen LogP contribution in [0.5, 0.6) is 5.75 Å². The van der Waals surface area contributed by atoms with Gasteiger partial charge in [0, 0.05) is 25.1 Å². The minimum atomic E-state index is -0.325. The van der Waals surface area contributed by atoms with Gasteiger partial charge in [-0.1, -0.05) is 60.7 Å². The Morgan fingerprint density at radius 1 is 0.914 bits per heavy atom. The van der Waals surface area contributed by atoms with E-state index in [1.807, 2.05) is 98.8 Å². The van der Waals surface area contributed by atoms with E-state index in [-0.39, 0.29) is 12.7 Å². The van der Waals surface area contributed by atoms with E-state index < -0.39 is 0 Å². The lowest BCUT2D eigenvalue weighted by atomic mass is 10.2. The molecule has 1 aromatic heterocycles. The summed E-state index contributed by atoms with van der Waals surface area (Å²) < 4.78 is 17.2. The molecule has 0 saturated carbocycles. The number of aryl methyl sites for hydroxylation is 1. The van der Waals surface area contributed by atoms with Crippen molar-refractivity contribution in [3.63, 3.8) is 0 Å².